The lowest BCUT2D eigenvalue weighted by molar-refractivity contribution is -0.220. The van der Waals surface area contributed by atoms with Gasteiger partial charge < -0.3 is 39.9 Å². The first-order valence-corrected chi connectivity index (χ1v) is 23.9. The number of unbranched alkanes of at least 4 members (excludes halogenated alkanes) is 9. The van der Waals surface area contributed by atoms with E-state index in [4.69, 9.17) is 18.5 Å². The van der Waals surface area contributed by atoms with Crippen molar-refractivity contribution >= 4 is 19.8 Å². The van der Waals surface area contributed by atoms with E-state index >= 15 is 0 Å². The van der Waals surface area contributed by atoms with Crippen LogP contribution < -0.4 is 0 Å². The molecule has 0 aromatic carbocycles. The highest BCUT2D eigenvalue weighted by Gasteiger charge is 2.51. The lowest BCUT2D eigenvalue weighted by atomic mass is 9.85. The summed E-state index contributed by atoms with van der Waals surface area (Å²) in [5.41, 5.74) is 0. The number of rotatable bonds is 35. The molecule has 13 nitrogen and oxygen atoms in total. The summed E-state index contributed by atoms with van der Waals surface area (Å²) in [7, 11) is -5.14. The third-order valence-corrected chi connectivity index (χ3v) is 10.7. The second-order valence-electron chi connectivity index (χ2n) is 15.2. The summed E-state index contributed by atoms with van der Waals surface area (Å²) in [6, 6.07) is 0. The molecule has 0 aromatic heterocycles. The van der Waals surface area contributed by atoms with Gasteiger partial charge in [-0.2, -0.15) is 0 Å². The first kappa shape index (κ1) is 56.0. The van der Waals surface area contributed by atoms with Crippen molar-refractivity contribution in [1.29, 1.82) is 0 Å². The van der Waals surface area contributed by atoms with Crippen molar-refractivity contribution < 1.29 is 63.1 Å². The predicted molar refractivity (Wildman–Crippen MR) is 239 cm³/mol. The topological polar surface area (TPSA) is 210 Å². The highest BCUT2D eigenvalue weighted by Crippen LogP contribution is 2.47. The Hall–Kier alpha value is -2.97. The van der Waals surface area contributed by atoms with Crippen molar-refractivity contribution in [3.05, 3.63) is 85.1 Å². The van der Waals surface area contributed by atoms with Gasteiger partial charge in [0.1, 0.15) is 43.2 Å². The SMILES string of the molecule is CC/C=C/C/C=C/C/C=C/C/C=C/CCCCC(=O)OC[C@H](COP(=O)(O)OC1C(O)C(O)C(O)[C@H](O)C1O)OC(=O)CCC/C=C/C/C=C/C/C=C/CCCCCCCC. The zero-order valence-corrected chi connectivity index (χ0v) is 37.6. The summed E-state index contributed by atoms with van der Waals surface area (Å²) >= 11 is 0. The molecule has 8 atom stereocenters. The third-order valence-electron chi connectivity index (χ3n) is 9.72. The van der Waals surface area contributed by atoms with Crippen LogP contribution in [0.5, 0.6) is 0 Å². The molecule has 1 aliphatic rings. The fourth-order valence-electron chi connectivity index (χ4n) is 6.12. The van der Waals surface area contributed by atoms with E-state index in [2.05, 4.69) is 86.8 Å². The fraction of sp³-hybridized carbons (Fsp3) is 0.660. The quantitative estimate of drug-likeness (QED) is 0.0153. The summed E-state index contributed by atoms with van der Waals surface area (Å²) in [6.45, 7) is 3.08. The standard InChI is InChI=1S/C47H77O13P/c1-3-5-7-9-11-13-15-17-19-20-22-24-26-28-30-32-34-36-41(49)59-39(38-58-61(55,56)60-47-45(53)43(51)42(50)44(52)46(47)54)37-57-40(48)35-33-31-29-27-25-23-21-18-16-14-12-10-8-6-4-2/h6,8,12,14,17-19,21-22,24-25,27-28,30,39,42-47,50-54H,3-5,7,9-11,13,15-16,20,23,26,29,31-38H2,1-2H3,(H,55,56)/b8-6+,14-12+,19-17+,21-18+,24-22+,27-25+,30-28+/t39-,42?,43+,44?,45?,46?,47?/m1/s1. The number of aliphatic hydroxyl groups is 5. The van der Waals surface area contributed by atoms with Crippen LogP contribution in [-0.4, -0.2) is 98.3 Å². The second kappa shape index (κ2) is 36.5. The highest BCUT2D eigenvalue weighted by molar-refractivity contribution is 7.47. The average molecular weight is 881 g/mol. The lowest BCUT2D eigenvalue weighted by Gasteiger charge is -2.41. The minimum Gasteiger partial charge on any atom is -0.462 e. The second-order valence-corrected chi connectivity index (χ2v) is 16.6. The molecule has 0 spiro atoms. The van der Waals surface area contributed by atoms with Crippen molar-refractivity contribution in [2.45, 2.75) is 185 Å². The monoisotopic (exact) mass is 881 g/mol. The number of aliphatic hydroxyl groups excluding tert-OH is 5. The Morgan fingerprint density at radius 3 is 1.48 bits per heavy atom. The molecule has 1 aliphatic carbocycles. The molecule has 0 bridgehead atoms. The van der Waals surface area contributed by atoms with Gasteiger partial charge in [0.25, 0.3) is 0 Å². The number of ether oxygens (including phenoxy) is 2. The number of phosphoric acid groups is 1. The number of carbonyl (C=O) groups excluding carboxylic acids is 2. The van der Waals surface area contributed by atoms with Crippen molar-refractivity contribution in [1.82, 2.24) is 0 Å². The molecule has 14 heteroatoms. The summed E-state index contributed by atoms with van der Waals surface area (Å²) in [6.07, 6.45) is 33.7. The number of esters is 2. The Balaban J connectivity index is 2.56. The zero-order chi connectivity index (χ0) is 45.0. The van der Waals surface area contributed by atoms with E-state index in [9.17, 15) is 44.6 Å². The molecule has 348 valence electrons. The van der Waals surface area contributed by atoms with Crippen LogP contribution in [0.1, 0.15) is 142 Å². The maximum atomic E-state index is 12.8. The molecule has 0 aromatic rings. The molecule has 1 rings (SSSR count). The molecule has 1 fully saturated rings. The molecule has 0 aliphatic heterocycles. The number of allylic oxidation sites excluding steroid dienone is 14. The van der Waals surface area contributed by atoms with Crippen LogP contribution in [0, 0.1) is 0 Å². The Morgan fingerprint density at radius 2 is 0.951 bits per heavy atom. The Morgan fingerprint density at radius 1 is 0.525 bits per heavy atom. The molecule has 0 amide bonds. The molecule has 0 radical (unpaired) electrons. The lowest BCUT2D eigenvalue weighted by Crippen LogP contribution is -2.64. The highest BCUT2D eigenvalue weighted by atomic mass is 31.2. The summed E-state index contributed by atoms with van der Waals surface area (Å²) in [4.78, 5) is 35.6. The van der Waals surface area contributed by atoms with Crippen LogP contribution in [0.3, 0.4) is 0 Å². The van der Waals surface area contributed by atoms with Gasteiger partial charge in [-0.25, -0.2) is 4.57 Å². The van der Waals surface area contributed by atoms with E-state index in [0.717, 1.165) is 57.8 Å². The molecule has 6 unspecified atom stereocenters. The van der Waals surface area contributed by atoms with Gasteiger partial charge in [-0.1, -0.05) is 131 Å². The number of hydrogen-bond acceptors (Lipinski definition) is 12. The van der Waals surface area contributed by atoms with Gasteiger partial charge in [0.2, 0.25) is 0 Å². The summed E-state index contributed by atoms with van der Waals surface area (Å²) < 4.78 is 33.4. The smallest absolute Gasteiger partial charge is 0.462 e. The fourth-order valence-corrected chi connectivity index (χ4v) is 7.09. The van der Waals surface area contributed by atoms with Crippen molar-refractivity contribution in [2.24, 2.45) is 0 Å². The molecule has 1 saturated carbocycles. The average Bonchev–Trinajstić information content (AvgIpc) is 3.24. The molecule has 0 saturated heterocycles. The van der Waals surface area contributed by atoms with E-state index in [1.54, 1.807) is 0 Å². The Kier molecular flexibility index (Phi) is 33.5. The first-order valence-electron chi connectivity index (χ1n) is 22.4. The molecule has 0 heterocycles. The van der Waals surface area contributed by atoms with Gasteiger partial charge in [0.05, 0.1) is 6.61 Å². The van der Waals surface area contributed by atoms with E-state index < -0.39 is 75.7 Å². The first-order chi connectivity index (χ1) is 29.4. The van der Waals surface area contributed by atoms with Crippen molar-refractivity contribution in [2.75, 3.05) is 13.2 Å². The summed E-state index contributed by atoms with van der Waals surface area (Å²) in [5.74, 6) is -1.22. The van der Waals surface area contributed by atoms with Gasteiger partial charge in [-0.15, -0.1) is 0 Å². The number of hydrogen-bond donors (Lipinski definition) is 6. The zero-order valence-electron chi connectivity index (χ0n) is 36.7. The van der Waals surface area contributed by atoms with Crippen LogP contribution in [0.4, 0.5) is 0 Å². The maximum Gasteiger partial charge on any atom is 0.472 e. The van der Waals surface area contributed by atoms with Crippen molar-refractivity contribution in [3.63, 3.8) is 0 Å². The third kappa shape index (κ3) is 29.1. The Bertz CT molecular complexity index is 1390. The van der Waals surface area contributed by atoms with Crippen LogP contribution >= 0.6 is 7.82 Å². The molecule has 6 N–H and O–H groups in total. The molecule has 61 heavy (non-hydrogen) atoms. The van der Waals surface area contributed by atoms with E-state index in [0.29, 0.717) is 19.3 Å². The van der Waals surface area contributed by atoms with Crippen LogP contribution in [0.25, 0.3) is 0 Å². The molecular formula is C47H77O13P. The predicted octanol–water partition coefficient (Wildman–Crippen LogP) is 8.50. The van der Waals surface area contributed by atoms with Crippen LogP contribution in [0.15, 0.2) is 85.1 Å². The van der Waals surface area contributed by atoms with E-state index in [-0.39, 0.29) is 12.8 Å². The van der Waals surface area contributed by atoms with Crippen molar-refractivity contribution in [3.8, 4) is 0 Å². The van der Waals surface area contributed by atoms with Crippen LogP contribution in [-0.2, 0) is 32.7 Å². The van der Waals surface area contributed by atoms with Gasteiger partial charge >= 0.3 is 19.8 Å². The Labute approximate surface area is 365 Å². The minimum atomic E-state index is -5.14. The minimum absolute atomic E-state index is 0.0111. The number of carbonyl (C=O) groups is 2. The van der Waals surface area contributed by atoms with Gasteiger partial charge in [-0.05, 0) is 83.5 Å². The maximum absolute atomic E-state index is 12.8. The van der Waals surface area contributed by atoms with Gasteiger partial charge in [0.15, 0.2) is 6.10 Å². The van der Waals surface area contributed by atoms with E-state index in [1.165, 1.54) is 38.5 Å². The number of phosphoric ester groups is 1. The largest absolute Gasteiger partial charge is 0.472 e. The van der Waals surface area contributed by atoms with E-state index in [1.807, 2.05) is 12.2 Å². The van der Waals surface area contributed by atoms with Crippen LogP contribution in [0.2, 0.25) is 0 Å². The normalized spacial score (nSPS) is 22.8. The summed E-state index contributed by atoms with van der Waals surface area (Å²) in [5, 5.41) is 50.1. The van der Waals surface area contributed by atoms with Gasteiger partial charge in [-0.3, -0.25) is 18.6 Å². The van der Waals surface area contributed by atoms with Gasteiger partial charge in [0, 0.05) is 12.8 Å². The molecular weight excluding hydrogens is 803 g/mol.